The van der Waals surface area contributed by atoms with Crippen molar-refractivity contribution in [3.8, 4) is 5.75 Å². The maximum atomic E-state index is 10.8. The van der Waals surface area contributed by atoms with Crippen LogP contribution in [-0.4, -0.2) is 9.91 Å². The predicted molar refractivity (Wildman–Crippen MR) is 68.7 cm³/mol. The molecule has 7 heteroatoms. The van der Waals surface area contributed by atoms with Crippen molar-refractivity contribution in [1.29, 1.82) is 0 Å². The topological polar surface area (TPSA) is 91.3 Å². The molecule has 0 atom stereocenters. The molecule has 18 heavy (non-hydrogen) atoms. The molecular formula is C11H11N3O3S. The third-order valence-corrected chi connectivity index (χ3v) is 3.13. The Hall–Kier alpha value is -2.15. The number of rotatable bonds is 4. The lowest BCUT2D eigenvalue weighted by Gasteiger charge is -2.05. The van der Waals surface area contributed by atoms with E-state index in [0.717, 1.165) is 4.88 Å². The molecule has 2 rings (SSSR count). The van der Waals surface area contributed by atoms with Crippen molar-refractivity contribution >= 4 is 22.2 Å². The number of ether oxygens (including phenoxy) is 1. The molecule has 0 radical (unpaired) electrons. The molecule has 6 nitrogen and oxygen atoms in total. The number of nitro groups is 1. The van der Waals surface area contributed by atoms with Crippen LogP contribution in [0.5, 0.6) is 5.75 Å². The van der Waals surface area contributed by atoms with E-state index < -0.39 is 4.92 Å². The number of hydrogen-bond donors (Lipinski definition) is 1. The average molecular weight is 265 g/mol. The minimum Gasteiger partial charge on any atom is -0.488 e. The van der Waals surface area contributed by atoms with Crippen LogP contribution >= 0.6 is 11.3 Å². The van der Waals surface area contributed by atoms with Gasteiger partial charge in [-0.05, 0) is 19.1 Å². The molecule has 0 aliphatic rings. The van der Waals surface area contributed by atoms with Gasteiger partial charge in [0.1, 0.15) is 12.4 Å². The fourth-order valence-electron chi connectivity index (χ4n) is 1.42. The first kappa shape index (κ1) is 12.3. The van der Waals surface area contributed by atoms with Crippen molar-refractivity contribution in [2.75, 3.05) is 5.73 Å². The highest BCUT2D eigenvalue weighted by molar-refractivity contribution is 7.15. The van der Waals surface area contributed by atoms with Gasteiger partial charge >= 0.3 is 0 Å². The summed E-state index contributed by atoms with van der Waals surface area (Å²) in [6.07, 6.45) is 1.63. The molecular weight excluding hydrogens is 254 g/mol. The number of nitrogen functional groups attached to an aromatic ring is 1. The van der Waals surface area contributed by atoms with E-state index in [1.807, 2.05) is 0 Å². The van der Waals surface area contributed by atoms with Gasteiger partial charge in [-0.2, -0.15) is 0 Å². The fraction of sp³-hybridized carbons (Fsp3) is 0.182. The molecule has 94 valence electrons. The number of anilines is 1. The molecule has 0 unspecified atom stereocenters. The van der Waals surface area contributed by atoms with Gasteiger partial charge in [-0.3, -0.25) is 10.1 Å². The molecule has 0 spiro atoms. The van der Waals surface area contributed by atoms with E-state index in [4.69, 9.17) is 10.5 Å². The molecule has 0 fully saturated rings. The van der Waals surface area contributed by atoms with Crippen molar-refractivity contribution in [2.45, 2.75) is 13.5 Å². The summed E-state index contributed by atoms with van der Waals surface area (Å²) in [5, 5.41) is 11.3. The number of aromatic nitrogens is 1. The Kier molecular flexibility index (Phi) is 3.42. The normalized spacial score (nSPS) is 10.3. The van der Waals surface area contributed by atoms with Gasteiger partial charge in [0, 0.05) is 11.8 Å². The lowest BCUT2D eigenvalue weighted by Crippen LogP contribution is -1.96. The molecule has 1 aromatic carbocycles. The highest BCUT2D eigenvalue weighted by Crippen LogP contribution is 2.25. The first-order chi connectivity index (χ1) is 8.56. The van der Waals surface area contributed by atoms with Crippen molar-refractivity contribution in [1.82, 2.24) is 4.98 Å². The Morgan fingerprint density at radius 2 is 2.33 bits per heavy atom. The first-order valence-electron chi connectivity index (χ1n) is 5.14. The largest absolute Gasteiger partial charge is 0.488 e. The monoisotopic (exact) mass is 265 g/mol. The highest BCUT2D eigenvalue weighted by atomic mass is 32.1. The summed E-state index contributed by atoms with van der Waals surface area (Å²) >= 11 is 1.33. The summed E-state index contributed by atoms with van der Waals surface area (Å²) in [7, 11) is 0. The standard InChI is InChI=1S/C11H11N3O3S/c1-7-2-3-8(4-10(7)14(15)16)17-6-9-5-13-11(12)18-9/h2-5H,6H2,1H3,(H2,12,13). The molecule has 0 aliphatic heterocycles. The quantitative estimate of drug-likeness (QED) is 0.677. The minimum atomic E-state index is -0.424. The van der Waals surface area contributed by atoms with E-state index in [1.54, 1.807) is 25.3 Å². The number of thiazole rings is 1. The second-order valence-electron chi connectivity index (χ2n) is 3.66. The van der Waals surface area contributed by atoms with Crippen molar-refractivity contribution < 1.29 is 9.66 Å². The number of nitro benzene ring substituents is 1. The summed E-state index contributed by atoms with van der Waals surface area (Å²) in [6, 6.07) is 4.78. The maximum absolute atomic E-state index is 10.8. The van der Waals surface area contributed by atoms with Crippen LogP contribution in [0.15, 0.2) is 24.4 Å². The van der Waals surface area contributed by atoms with E-state index in [9.17, 15) is 10.1 Å². The lowest BCUT2D eigenvalue weighted by atomic mass is 10.2. The van der Waals surface area contributed by atoms with Gasteiger partial charge in [0.25, 0.3) is 5.69 Å². The van der Waals surface area contributed by atoms with E-state index in [-0.39, 0.29) is 5.69 Å². The Labute approximate surface area is 107 Å². The zero-order chi connectivity index (χ0) is 13.1. The molecule has 0 amide bonds. The van der Waals surface area contributed by atoms with Gasteiger partial charge in [0.05, 0.1) is 15.9 Å². The lowest BCUT2D eigenvalue weighted by molar-refractivity contribution is -0.385. The van der Waals surface area contributed by atoms with Crippen LogP contribution in [-0.2, 0) is 6.61 Å². The van der Waals surface area contributed by atoms with Gasteiger partial charge < -0.3 is 10.5 Å². The molecule has 0 saturated heterocycles. The average Bonchev–Trinajstić information content (AvgIpc) is 2.74. The predicted octanol–water partition coefficient (Wildman–Crippen LogP) is 2.52. The number of benzene rings is 1. The van der Waals surface area contributed by atoms with E-state index >= 15 is 0 Å². The van der Waals surface area contributed by atoms with Crippen LogP contribution in [0.1, 0.15) is 10.4 Å². The van der Waals surface area contributed by atoms with E-state index in [2.05, 4.69) is 4.98 Å². The van der Waals surface area contributed by atoms with Crippen LogP contribution in [0.4, 0.5) is 10.8 Å². The van der Waals surface area contributed by atoms with Gasteiger partial charge in [0.15, 0.2) is 5.13 Å². The Bertz CT molecular complexity index is 583. The van der Waals surface area contributed by atoms with Crippen LogP contribution in [0.3, 0.4) is 0 Å². The molecule has 0 bridgehead atoms. The maximum Gasteiger partial charge on any atom is 0.276 e. The number of nitrogens with zero attached hydrogens (tertiary/aromatic N) is 2. The van der Waals surface area contributed by atoms with Crippen molar-refractivity contribution in [2.24, 2.45) is 0 Å². The Morgan fingerprint density at radius 1 is 1.56 bits per heavy atom. The van der Waals surface area contributed by atoms with E-state index in [1.165, 1.54) is 17.4 Å². The Balaban J connectivity index is 2.10. The zero-order valence-electron chi connectivity index (χ0n) is 9.62. The third-order valence-electron chi connectivity index (χ3n) is 2.33. The minimum absolute atomic E-state index is 0.0521. The van der Waals surface area contributed by atoms with Crippen LogP contribution < -0.4 is 10.5 Å². The molecule has 1 aromatic heterocycles. The van der Waals surface area contributed by atoms with Gasteiger partial charge in [-0.1, -0.05) is 11.3 Å². The summed E-state index contributed by atoms with van der Waals surface area (Å²) in [5.74, 6) is 0.458. The molecule has 0 saturated carbocycles. The SMILES string of the molecule is Cc1ccc(OCc2cnc(N)s2)cc1[N+](=O)[O-]. The fourth-order valence-corrected chi connectivity index (χ4v) is 2.02. The van der Waals surface area contributed by atoms with Gasteiger partial charge in [-0.25, -0.2) is 4.98 Å². The molecule has 2 N–H and O–H groups in total. The second-order valence-corrected chi connectivity index (χ2v) is 4.81. The van der Waals surface area contributed by atoms with Crippen LogP contribution in [0.25, 0.3) is 0 Å². The zero-order valence-corrected chi connectivity index (χ0v) is 10.4. The van der Waals surface area contributed by atoms with Gasteiger partial charge in [0.2, 0.25) is 0 Å². The van der Waals surface area contributed by atoms with Crippen LogP contribution in [0, 0.1) is 17.0 Å². The first-order valence-corrected chi connectivity index (χ1v) is 5.96. The smallest absolute Gasteiger partial charge is 0.276 e. The number of aryl methyl sites for hydroxylation is 1. The summed E-state index contributed by atoms with van der Waals surface area (Å²) < 4.78 is 5.46. The van der Waals surface area contributed by atoms with Crippen LogP contribution in [0.2, 0.25) is 0 Å². The number of hydrogen-bond acceptors (Lipinski definition) is 6. The van der Waals surface area contributed by atoms with Gasteiger partial charge in [-0.15, -0.1) is 0 Å². The van der Waals surface area contributed by atoms with E-state index in [0.29, 0.717) is 23.1 Å². The van der Waals surface area contributed by atoms with Crippen molar-refractivity contribution in [3.63, 3.8) is 0 Å². The molecule has 1 heterocycles. The summed E-state index contributed by atoms with van der Waals surface area (Å²) in [6.45, 7) is 1.99. The highest BCUT2D eigenvalue weighted by Gasteiger charge is 2.11. The number of nitrogens with two attached hydrogens (primary N) is 1. The molecule has 2 aromatic rings. The third kappa shape index (κ3) is 2.75. The summed E-state index contributed by atoms with van der Waals surface area (Å²) in [5.41, 5.74) is 6.15. The van der Waals surface area contributed by atoms with Crippen molar-refractivity contribution in [3.05, 3.63) is 45.0 Å². The second kappa shape index (κ2) is 5.01. The summed E-state index contributed by atoms with van der Waals surface area (Å²) in [4.78, 5) is 15.1. The Morgan fingerprint density at radius 3 is 2.94 bits per heavy atom. The molecule has 0 aliphatic carbocycles.